The molecule has 5 heterocycles. The molecule has 2 aliphatic heterocycles. The summed E-state index contributed by atoms with van der Waals surface area (Å²) in [5.41, 5.74) is 4.49. The first-order chi connectivity index (χ1) is 21.2. The predicted molar refractivity (Wildman–Crippen MR) is 145 cm³/mol. The smallest absolute Gasteiger partial charge is 0.386 e. The van der Waals surface area contributed by atoms with Gasteiger partial charge in [-0.3, -0.25) is 37.0 Å². The number of anilines is 1. The van der Waals surface area contributed by atoms with Gasteiger partial charge >= 0.3 is 21.3 Å². The Balaban J connectivity index is 1.34. The highest BCUT2D eigenvalue weighted by Crippen LogP contribution is 2.51. The van der Waals surface area contributed by atoms with E-state index in [0.717, 1.165) is 23.9 Å². The van der Waals surface area contributed by atoms with Gasteiger partial charge in [-0.1, -0.05) is 0 Å². The maximum Gasteiger partial charge on any atom is 0.472 e. The maximum atomic E-state index is 13.1. The Hall–Kier alpha value is -2.95. The van der Waals surface area contributed by atoms with Gasteiger partial charge < -0.3 is 39.9 Å². The summed E-state index contributed by atoms with van der Waals surface area (Å²) in [6, 6.07) is 0.951. The molecule has 0 aliphatic carbocycles. The summed E-state index contributed by atoms with van der Waals surface area (Å²) in [6.45, 7) is -1.12. The van der Waals surface area contributed by atoms with Gasteiger partial charge in [-0.2, -0.15) is 0 Å². The first kappa shape index (κ1) is 33.4. The quantitative estimate of drug-likeness (QED) is 0.110. The monoisotopic (exact) mass is 681 g/mol. The van der Waals surface area contributed by atoms with Crippen molar-refractivity contribution in [1.82, 2.24) is 29.1 Å². The van der Waals surface area contributed by atoms with E-state index >= 15 is 0 Å². The second kappa shape index (κ2) is 13.0. The van der Waals surface area contributed by atoms with Crippen molar-refractivity contribution in [1.29, 1.82) is 0 Å². The van der Waals surface area contributed by atoms with Gasteiger partial charge in [0.25, 0.3) is 5.56 Å². The summed E-state index contributed by atoms with van der Waals surface area (Å²) in [4.78, 5) is 58.3. The van der Waals surface area contributed by atoms with Crippen molar-refractivity contribution in [3.63, 3.8) is 0 Å². The molecule has 3 aromatic heterocycles. The van der Waals surface area contributed by atoms with E-state index < -0.39 is 82.6 Å². The van der Waals surface area contributed by atoms with Crippen LogP contribution in [0.15, 0.2) is 34.5 Å². The number of fused-ring (bicyclic) bond motifs is 1. The Kier molecular flexibility index (Phi) is 9.69. The number of phosphoric ester groups is 2. The molecule has 0 saturated carbocycles. The Bertz CT molecular complexity index is 1730. The second-order valence-electron chi connectivity index (χ2n) is 9.72. The molecule has 5 rings (SSSR count). The number of aromatic amines is 1. The number of rotatable bonds is 12. The number of imidazole rings is 1. The molecular formula is C21H29N7O15P2. The maximum absolute atomic E-state index is 13.1. The van der Waals surface area contributed by atoms with Crippen molar-refractivity contribution in [3.05, 3.63) is 45.8 Å². The summed E-state index contributed by atoms with van der Waals surface area (Å²) >= 11 is 0. The molecule has 0 bridgehead atoms. The summed E-state index contributed by atoms with van der Waals surface area (Å²) < 4.78 is 63.6. The minimum atomic E-state index is -5.13. The Morgan fingerprint density at radius 1 is 0.956 bits per heavy atom. The first-order valence-corrected chi connectivity index (χ1v) is 15.9. The van der Waals surface area contributed by atoms with E-state index in [1.165, 1.54) is 24.3 Å². The second-order valence-corrected chi connectivity index (χ2v) is 12.6. The van der Waals surface area contributed by atoms with Gasteiger partial charge in [0.15, 0.2) is 23.9 Å². The third-order valence-corrected chi connectivity index (χ3v) is 8.84. The van der Waals surface area contributed by atoms with Crippen molar-refractivity contribution in [2.24, 2.45) is 0 Å². The van der Waals surface area contributed by atoms with Crippen molar-refractivity contribution in [2.75, 3.05) is 33.2 Å². The lowest BCUT2D eigenvalue weighted by Gasteiger charge is -2.25. The molecule has 45 heavy (non-hydrogen) atoms. The third-order valence-electron chi connectivity index (χ3n) is 6.88. The molecule has 248 valence electrons. The molecule has 22 nitrogen and oxygen atoms in total. The summed E-state index contributed by atoms with van der Waals surface area (Å²) in [5.74, 6) is 0.0676. The van der Waals surface area contributed by atoms with E-state index in [1.807, 2.05) is 4.98 Å². The number of methoxy groups -OCH3 is 1. The average molecular weight is 681 g/mol. The van der Waals surface area contributed by atoms with E-state index in [2.05, 4.69) is 19.5 Å². The minimum Gasteiger partial charge on any atom is -0.386 e. The number of H-pyrrole nitrogens is 1. The summed E-state index contributed by atoms with van der Waals surface area (Å²) in [7, 11) is -7.75. The Labute approximate surface area is 251 Å². The van der Waals surface area contributed by atoms with Crippen LogP contribution in [-0.2, 0) is 41.4 Å². The van der Waals surface area contributed by atoms with Crippen LogP contribution in [0.1, 0.15) is 12.5 Å². The van der Waals surface area contributed by atoms with E-state index in [1.54, 1.807) is 0 Å². The molecule has 0 aromatic carbocycles. The largest absolute Gasteiger partial charge is 0.472 e. The van der Waals surface area contributed by atoms with Gasteiger partial charge in [0, 0.05) is 26.5 Å². The summed E-state index contributed by atoms with van der Waals surface area (Å²) in [6.07, 6.45) is -8.85. The number of aliphatic hydroxyl groups is 2. The van der Waals surface area contributed by atoms with Crippen LogP contribution in [0, 0.1) is 0 Å². The first-order valence-electron chi connectivity index (χ1n) is 12.9. The van der Waals surface area contributed by atoms with E-state index in [0.29, 0.717) is 0 Å². The van der Waals surface area contributed by atoms with Crippen LogP contribution in [0.5, 0.6) is 0 Å². The summed E-state index contributed by atoms with van der Waals surface area (Å²) in [5, 5.41) is 21.9. The number of nitrogens with zero attached hydrogens (tertiary/aromatic N) is 5. The highest BCUT2D eigenvalue weighted by atomic mass is 31.2. The minimum absolute atomic E-state index is 0.0676. The molecular weight excluding hydrogens is 652 g/mol. The molecule has 2 saturated heterocycles. The molecule has 2 fully saturated rings. The van der Waals surface area contributed by atoms with E-state index in [-0.39, 0.29) is 23.6 Å². The Morgan fingerprint density at radius 3 is 2.20 bits per heavy atom. The number of ether oxygens (including phenoxy) is 3. The van der Waals surface area contributed by atoms with Crippen molar-refractivity contribution in [2.45, 2.75) is 49.1 Å². The van der Waals surface area contributed by atoms with Crippen molar-refractivity contribution in [3.8, 4) is 0 Å². The van der Waals surface area contributed by atoms with Crippen LogP contribution in [0.4, 0.5) is 5.82 Å². The fourth-order valence-electron chi connectivity index (χ4n) is 4.82. The lowest BCUT2D eigenvalue weighted by atomic mass is 10.1. The fourth-order valence-corrected chi connectivity index (χ4v) is 6.44. The predicted octanol–water partition coefficient (Wildman–Crippen LogP) is -2.24. The number of nitrogen functional groups attached to an aromatic ring is 1. The number of nitrogens with one attached hydrogen (secondary N) is 1. The number of phosphoric acid groups is 2. The molecule has 0 spiro atoms. The molecule has 24 heteroatoms. The van der Waals surface area contributed by atoms with Crippen LogP contribution < -0.4 is 17.0 Å². The van der Waals surface area contributed by atoms with Gasteiger partial charge in [-0.15, -0.1) is 0 Å². The molecule has 4 unspecified atom stereocenters. The third kappa shape index (κ3) is 6.93. The van der Waals surface area contributed by atoms with Crippen LogP contribution in [-0.4, -0.2) is 113 Å². The number of aromatic nitrogens is 6. The van der Waals surface area contributed by atoms with Gasteiger partial charge in [-0.05, 0) is 0 Å². The lowest BCUT2D eigenvalue weighted by Crippen LogP contribution is -2.39. The van der Waals surface area contributed by atoms with Gasteiger partial charge in [0.2, 0.25) is 0 Å². The molecule has 2 aliphatic rings. The lowest BCUT2D eigenvalue weighted by molar-refractivity contribution is -0.0637. The zero-order valence-corrected chi connectivity index (χ0v) is 25.1. The van der Waals surface area contributed by atoms with Crippen LogP contribution in [0.2, 0.25) is 0 Å². The van der Waals surface area contributed by atoms with E-state index in [4.69, 9.17) is 33.5 Å². The normalized spacial score (nSPS) is 31.2. The molecule has 7 N–H and O–H groups in total. The fraction of sp³-hybridized carbons (Fsp3) is 0.571. The number of hydrogen-bond donors (Lipinski definition) is 6. The molecule has 10 atom stereocenters. The number of hydrogen-bond acceptors (Lipinski definition) is 17. The van der Waals surface area contributed by atoms with Crippen molar-refractivity contribution >= 4 is 32.6 Å². The molecule has 0 radical (unpaired) electrons. The highest BCUT2D eigenvalue weighted by Gasteiger charge is 2.52. The molecule has 0 amide bonds. The number of aliphatic hydroxyl groups excluding tert-OH is 2. The van der Waals surface area contributed by atoms with Crippen LogP contribution >= 0.6 is 15.6 Å². The molecule has 3 aromatic rings. The number of nitrogens with two attached hydrogens (primary N) is 1. The zero-order valence-electron chi connectivity index (χ0n) is 23.3. The van der Waals surface area contributed by atoms with E-state index in [9.17, 15) is 38.7 Å². The Morgan fingerprint density at radius 2 is 1.58 bits per heavy atom. The average Bonchev–Trinajstić information content (AvgIpc) is 3.63. The topological polar surface area (TPSA) is 304 Å². The standard InChI is InChI=1S/C21H29N7O15P2/c1-37-5-9-15(14(31)20(40-9)28-8-25-12-17(22)23-7-24-18(12)28)43-45(35,36)39-6-10-16(42-44(33,34)38-2)13(30)19(41-10)27-4-3-11(29)26-21(27)32/h3-4,7-10,13-16,19-20,30-31H,5-6H2,1-2H3,(H,33,34)(H,35,36)(H2,22,23,24)(H,26,29,32)/t9-,10-,13+,14+,15?,16?,19-,20-/m1/s1. The van der Waals surface area contributed by atoms with Gasteiger partial charge in [0.1, 0.15) is 48.5 Å². The van der Waals surface area contributed by atoms with Crippen LogP contribution in [0.25, 0.3) is 11.2 Å². The van der Waals surface area contributed by atoms with Gasteiger partial charge in [0.05, 0.1) is 19.5 Å². The van der Waals surface area contributed by atoms with Crippen LogP contribution in [0.3, 0.4) is 0 Å². The van der Waals surface area contributed by atoms with Gasteiger partial charge in [-0.25, -0.2) is 28.9 Å². The highest BCUT2D eigenvalue weighted by molar-refractivity contribution is 7.47. The zero-order chi connectivity index (χ0) is 32.7. The van der Waals surface area contributed by atoms with Crippen molar-refractivity contribution < 1.29 is 61.4 Å². The SMILES string of the molecule is COC[C@H]1O[C@@H](n2cnc3c(N)ncnc32)[C@@H](O)C1OP(=O)(O)OC[C@H]1O[C@@H](n2ccc(=O)[nH]c2=O)[C@@H](O)C1OP(=O)(O)OC.